The lowest BCUT2D eigenvalue weighted by molar-refractivity contribution is 0.0692. The van der Waals surface area contributed by atoms with Crippen molar-refractivity contribution in [1.82, 2.24) is 0 Å². The fourth-order valence-corrected chi connectivity index (χ4v) is 1.65. The van der Waals surface area contributed by atoms with Gasteiger partial charge in [0.05, 0.1) is 5.56 Å². The molecule has 0 fully saturated rings. The van der Waals surface area contributed by atoms with Gasteiger partial charge in [-0.05, 0) is 31.5 Å². The van der Waals surface area contributed by atoms with Gasteiger partial charge in [-0.3, -0.25) is 0 Å². The van der Waals surface area contributed by atoms with Crippen molar-refractivity contribution in [3.05, 3.63) is 29.6 Å². The van der Waals surface area contributed by atoms with Gasteiger partial charge in [-0.2, -0.15) is 0 Å². The molecule has 0 aliphatic rings. The summed E-state index contributed by atoms with van der Waals surface area (Å²) in [6.45, 7) is 4.15. The lowest BCUT2D eigenvalue weighted by atomic mass is 10.1. The molecule has 0 saturated carbocycles. The number of aromatic carboxylic acids is 1. The molecular formula is C13H18FNO2. The Kier molecular flexibility index (Phi) is 4.94. The van der Waals surface area contributed by atoms with Crippen LogP contribution in [0.3, 0.4) is 0 Å². The van der Waals surface area contributed by atoms with Gasteiger partial charge >= 0.3 is 5.97 Å². The Morgan fingerprint density at radius 3 is 2.76 bits per heavy atom. The molecule has 17 heavy (non-hydrogen) atoms. The van der Waals surface area contributed by atoms with Crippen molar-refractivity contribution in [2.24, 2.45) is 0 Å². The monoisotopic (exact) mass is 239 g/mol. The minimum absolute atomic E-state index is 0.255. The Morgan fingerprint density at radius 2 is 2.24 bits per heavy atom. The lowest BCUT2D eigenvalue weighted by Crippen LogP contribution is -2.15. The molecule has 4 heteroatoms. The van der Waals surface area contributed by atoms with Gasteiger partial charge in [0.2, 0.25) is 0 Å². The van der Waals surface area contributed by atoms with Gasteiger partial charge in [-0.15, -0.1) is 0 Å². The van der Waals surface area contributed by atoms with Gasteiger partial charge < -0.3 is 10.4 Å². The number of anilines is 1. The van der Waals surface area contributed by atoms with Crippen molar-refractivity contribution in [3.8, 4) is 0 Å². The summed E-state index contributed by atoms with van der Waals surface area (Å²) in [7, 11) is 0. The fourth-order valence-electron chi connectivity index (χ4n) is 1.65. The quantitative estimate of drug-likeness (QED) is 0.798. The van der Waals surface area contributed by atoms with Crippen molar-refractivity contribution in [1.29, 1.82) is 0 Å². The molecule has 0 heterocycles. The van der Waals surface area contributed by atoms with Crippen molar-refractivity contribution >= 4 is 11.7 Å². The van der Waals surface area contributed by atoms with E-state index < -0.39 is 11.8 Å². The van der Waals surface area contributed by atoms with Crippen LogP contribution in [0.4, 0.5) is 10.1 Å². The highest BCUT2D eigenvalue weighted by Gasteiger charge is 2.11. The highest BCUT2D eigenvalue weighted by molar-refractivity contribution is 5.88. The van der Waals surface area contributed by atoms with E-state index in [0.29, 0.717) is 5.69 Å². The zero-order chi connectivity index (χ0) is 12.8. The molecule has 1 rings (SSSR count). The molecule has 1 aromatic rings. The average Bonchev–Trinajstić information content (AvgIpc) is 2.26. The third-order valence-electron chi connectivity index (χ3n) is 2.60. The molecule has 1 atom stereocenters. The molecule has 94 valence electrons. The number of halogens is 1. The number of carbonyl (C=O) groups is 1. The third-order valence-corrected chi connectivity index (χ3v) is 2.60. The Balaban J connectivity index is 2.67. The second kappa shape index (κ2) is 6.23. The van der Waals surface area contributed by atoms with Crippen molar-refractivity contribution in [2.75, 3.05) is 5.32 Å². The summed E-state index contributed by atoms with van der Waals surface area (Å²) in [5.74, 6) is -1.95. The van der Waals surface area contributed by atoms with Crippen LogP contribution in [0.25, 0.3) is 0 Å². The molecule has 0 aliphatic heterocycles. The van der Waals surface area contributed by atoms with Crippen LogP contribution in [0.5, 0.6) is 0 Å². The molecule has 0 saturated heterocycles. The average molecular weight is 239 g/mol. The Morgan fingerprint density at radius 1 is 1.53 bits per heavy atom. The van der Waals surface area contributed by atoms with E-state index in [9.17, 15) is 9.18 Å². The maximum Gasteiger partial charge on any atom is 0.338 e. The molecule has 3 nitrogen and oxygen atoms in total. The number of hydrogen-bond acceptors (Lipinski definition) is 2. The normalized spacial score (nSPS) is 12.2. The lowest BCUT2D eigenvalue weighted by Gasteiger charge is -2.15. The number of unbranched alkanes of at least 4 members (excludes halogenated alkanes) is 1. The van der Waals surface area contributed by atoms with Gasteiger partial charge in [0.25, 0.3) is 0 Å². The smallest absolute Gasteiger partial charge is 0.338 e. The van der Waals surface area contributed by atoms with Crippen LogP contribution in [0.1, 0.15) is 43.5 Å². The Labute approximate surface area is 101 Å². The number of hydrogen-bond donors (Lipinski definition) is 2. The topological polar surface area (TPSA) is 49.3 Å². The Hall–Kier alpha value is -1.58. The molecule has 0 aromatic heterocycles. The van der Waals surface area contributed by atoms with Gasteiger partial charge in [-0.25, -0.2) is 9.18 Å². The highest BCUT2D eigenvalue weighted by Crippen LogP contribution is 2.16. The first kappa shape index (κ1) is 13.5. The number of nitrogens with one attached hydrogen (secondary N) is 1. The minimum Gasteiger partial charge on any atom is -0.478 e. The fraction of sp³-hybridized carbons (Fsp3) is 0.462. The van der Waals surface area contributed by atoms with E-state index >= 15 is 0 Å². The number of benzene rings is 1. The van der Waals surface area contributed by atoms with E-state index in [0.717, 1.165) is 19.3 Å². The van der Waals surface area contributed by atoms with Crippen LogP contribution in [0.15, 0.2) is 18.2 Å². The zero-order valence-corrected chi connectivity index (χ0v) is 10.2. The van der Waals surface area contributed by atoms with Gasteiger partial charge in [0.1, 0.15) is 5.82 Å². The second-order valence-corrected chi connectivity index (χ2v) is 4.19. The number of carboxylic acid groups (broad SMARTS) is 1. The summed E-state index contributed by atoms with van der Waals surface area (Å²) in [6, 6.07) is 4.36. The van der Waals surface area contributed by atoms with E-state index in [4.69, 9.17) is 5.11 Å². The summed E-state index contributed by atoms with van der Waals surface area (Å²) in [5.41, 5.74) is 0.327. The molecule has 0 radical (unpaired) electrons. The van der Waals surface area contributed by atoms with Gasteiger partial charge in [-0.1, -0.05) is 19.8 Å². The first-order chi connectivity index (χ1) is 8.04. The standard InChI is InChI=1S/C13H18FNO2/c1-3-4-5-9(2)15-10-6-7-11(13(16)17)12(14)8-10/h6-9,15H,3-5H2,1-2H3,(H,16,17). The molecular weight excluding hydrogens is 221 g/mol. The first-order valence-corrected chi connectivity index (χ1v) is 5.84. The summed E-state index contributed by atoms with van der Waals surface area (Å²) in [6.07, 6.45) is 3.25. The minimum atomic E-state index is -1.24. The van der Waals surface area contributed by atoms with Crippen LogP contribution in [-0.4, -0.2) is 17.1 Å². The summed E-state index contributed by atoms with van der Waals surface area (Å²) in [5, 5.41) is 11.8. The van der Waals surface area contributed by atoms with E-state index in [2.05, 4.69) is 12.2 Å². The van der Waals surface area contributed by atoms with Crippen molar-refractivity contribution in [2.45, 2.75) is 39.2 Å². The maximum absolute atomic E-state index is 13.4. The number of rotatable bonds is 6. The second-order valence-electron chi connectivity index (χ2n) is 4.19. The van der Waals surface area contributed by atoms with Crippen LogP contribution in [0, 0.1) is 5.82 Å². The summed E-state index contributed by atoms with van der Waals surface area (Å²) >= 11 is 0. The summed E-state index contributed by atoms with van der Waals surface area (Å²) in [4.78, 5) is 10.6. The number of carboxylic acids is 1. The van der Waals surface area contributed by atoms with E-state index in [1.165, 1.54) is 12.1 Å². The maximum atomic E-state index is 13.4. The van der Waals surface area contributed by atoms with Crippen LogP contribution in [0.2, 0.25) is 0 Å². The molecule has 1 unspecified atom stereocenters. The van der Waals surface area contributed by atoms with Crippen LogP contribution >= 0.6 is 0 Å². The molecule has 0 amide bonds. The predicted octanol–water partition coefficient (Wildman–Crippen LogP) is 3.51. The summed E-state index contributed by atoms with van der Waals surface area (Å²) < 4.78 is 13.4. The van der Waals surface area contributed by atoms with Gasteiger partial charge in [0, 0.05) is 11.7 Å². The third kappa shape index (κ3) is 4.06. The largest absolute Gasteiger partial charge is 0.478 e. The first-order valence-electron chi connectivity index (χ1n) is 5.84. The predicted molar refractivity (Wildman–Crippen MR) is 66.0 cm³/mol. The van der Waals surface area contributed by atoms with Gasteiger partial charge in [0.15, 0.2) is 0 Å². The molecule has 0 bridgehead atoms. The van der Waals surface area contributed by atoms with E-state index in [-0.39, 0.29) is 11.6 Å². The van der Waals surface area contributed by atoms with Crippen LogP contribution in [-0.2, 0) is 0 Å². The van der Waals surface area contributed by atoms with E-state index in [1.54, 1.807) is 6.07 Å². The zero-order valence-electron chi connectivity index (χ0n) is 10.2. The highest BCUT2D eigenvalue weighted by atomic mass is 19.1. The van der Waals surface area contributed by atoms with Crippen LogP contribution < -0.4 is 5.32 Å². The molecule has 2 N–H and O–H groups in total. The van der Waals surface area contributed by atoms with E-state index in [1.807, 2.05) is 6.92 Å². The Bertz CT molecular complexity index is 393. The van der Waals surface area contributed by atoms with Crippen molar-refractivity contribution < 1.29 is 14.3 Å². The molecule has 0 spiro atoms. The SMILES string of the molecule is CCCCC(C)Nc1ccc(C(=O)O)c(F)c1. The molecule has 0 aliphatic carbocycles. The molecule has 1 aromatic carbocycles. The van der Waals surface area contributed by atoms with Crippen molar-refractivity contribution in [3.63, 3.8) is 0 Å².